The van der Waals surface area contributed by atoms with E-state index < -0.39 is 5.79 Å². The smallest absolute Gasteiger partial charge is 0.337 e. The van der Waals surface area contributed by atoms with Crippen LogP contribution >= 0.6 is 0 Å². The zero-order chi connectivity index (χ0) is 9.90. The van der Waals surface area contributed by atoms with Gasteiger partial charge in [-0.05, 0) is 13.3 Å². The molecule has 3 nitrogen and oxygen atoms in total. The summed E-state index contributed by atoms with van der Waals surface area (Å²) in [6, 6.07) is 0. The van der Waals surface area contributed by atoms with Crippen LogP contribution in [0.1, 0.15) is 26.7 Å². The quantitative estimate of drug-likeness (QED) is 0.495. The lowest BCUT2D eigenvalue weighted by atomic mass is 10.1. The van der Waals surface area contributed by atoms with Crippen LogP contribution in [-0.4, -0.2) is 11.8 Å². The van der Waals surface area contributed by atoms with E-state index in [0.717, 1.165) is 6.42 Å². The molecule has 0 radical (unpaired) electrons. The Morgan fingerprint density at radius 1 is 1.62 bits per heavy atom. The van der Waals surface area contributed by atoms with Crippen LogP contribution < -0.4 is 0 Å². The molecule has 1 heterocycles. The molecule has 0 saturated carbocycles. The summed E-state index contributed by atoms with van der Waals surface area (Å²) in [5, 5.41) is 0. The normalized spacial score (nSPS) is 27.2. The predicted molar refractivity (Wildman–Crippen MR) is 48.8 cm³/mol. The molecule has 0 aromatic rings. The molecule has 0 amide bonds. The largest absolute Gasteiger partial charge is 0.457 e. The van der Waals surface area contributed by atoms with E-state index in [-0.39, 0.29) is 5.97 Å². The molecule has 0 aromatic carbocycles. The molecule has 72 valence electrons. The second-order valence-electron chi connectivity index (χ2n) is 3.24. The SMILES string of the molecule is C=CCCC1(C)OC(=O)C=C(C)O1. The number of carbonyl (C=O) groups excluding carboxylic acids is 1. The predicted octanol–water partition coefficient (Wildman–Crippen LogP) is 2.15. The standard InChI is InChI=1S/C10H14O3/c1-4-5-6-10(3)12-8(2)7-9(11)13-10/h4,7H,1,5-6H2,2-3H3. The first-order valence-electron chi connectivity index (χ1n) is 4.27. The van der Waals surface area contributed by atoms with Crippen molar-refractivity contribution in [3.8, 4) is 0 Å². The highest BCUT2D eigenvalue weighted by molar-refractivity contribution is 5.83. The third kappa shape index (κ3) is 2.61. The summed E-state index contributed by atoms with van der Waals surface area (Å²) < 4.78 is 10.5. The fourth-order valence-corrected chi connectivity index (χ4v) is 1.27. The number of allylic oxidation sites excluding steroid dienone is 2. The Labute approximate surface area is 78.0 Å². The minimum Gasteiger partial charge on any atom is -0.457 e. The van der Waals surface area contributed by atoms with E-state index in [2.05, 4.69) is 6.58 Å². The molecule has 0 saturated heterocycles. The Balaban J connectivity index is 2.65. The second kappa shape index (κ2) is 3.64. The molecular weight excluding hydrogens is 168 g/mol. The molecule has 0 spiro atoms. The van der Waals surface area contributed by atoms with Crippen molar-refractivity contribution in [2.24, 2.45) is 0 Å². The molecule has 1 atom stereocenters. The van der Waals surface area contributed by atoms with E-state index in [1.165, 1.54) is 6.08 Å². The Morgan fingerprint density at radius 3 is 2.85 bits per heavy atom. The fraction of sp³-hybridized carbons (Fsp3) is 0.500. The van der Waals surface area contributed by atoms with Crippen molar-refractivity contribution < 1.29 is 14.3 Å². The number of carbonyl (C=O) groups is 1. The molecule has 3 heteroatoms. The van der Waals surface area contributed by atoms with Crippen molar-refractivity contribution in [3.05, 3.63) is 24.5 Å². The minimum absolute atomic E-state index is 0.338. The van der Waals surface area contributed by atoms with Crippen LogP contribution in [0.25, 0.3) is 0 Å². The summed E-state index contributed by atoms with van der Waals surface area (Å²) in [5.74, 6) is -0.553. The highest BCUT2D eigenvalue weighted by Gasteiger charge is 2.33. The van der Waals surface area contributed by atoms with Gasteiger partial charge in [-0.3, -0.25) is 0 Å². The minimum atomic E-state index is -0.815. The Bertz CT molecular complexity index is 255. The molecule has 1 aliphatic heterocycles. The van der Waals surface area contributed by atoms with E-state index in [1.54, 1.807) is 19.9 Å². The molecule has 13 heavy (non-hydrogen) atoms. The average Bonchev–Trinajstić information content (AvgIpc) is 1.98. The molecule has 0 fully saturated rings. The van der Waals surface area contributed by atoms with Crippen LogP contribution in [0, 0.1) is 0 Å². The van der Waals surface area contributed by atoms with Gasteiger partial charge in [-0.25, -0.2) is 4.79 Å². The monoisotopic (exact) mass is 182 g/mol. The fourth-order valence-electron chi connectivity index (χ4n) is 1.27. The third-order valence-electron chi connectivity index (χ3n) is 1.82. The van der Waals surface area contributed by atoms with Crippen molar-refractivity contribution in [2.45, 2.75) is 32.5 Å². The van der Waals surface area contributed by atoms with Gasteiger partial charge in [0.1, 0.15) is 5.76 Å². The van der Waals surface area contributed by atoms with Gasteiger partial charge in [0, 0.05) is 13.3 Å². The lowest BCUT2D eigenvalue weighted by molar-refractivity contribution is -0.214. The maximum atomic E-state index is 11.0. The van der Waals surface area contributed by atoms with Crippen LogP contribution in [0.4, 0.5) is 0 Å². The van der Waals surface area contributed by atoms with Gasteiger partial charge in [-0.1, -0.05) is 6.08 Å². The van der Waals surface area contributed by atoms with Gasteiger partial charge in [0.25, 0.3) is 5.79 Å². The van der Waals surface area contributed by atoms with Crippen molar-refractivity contribution in [2.75, 3.05) is 0 Å². The van der Waals surface area contributed by atoms with Crippen LogP contribution in [0.3, 0.4) is 0 Å². The van der Waals surface area contributed by atoms with E-state index in [1.807, 2.05) is 0 Å². The summed E-state index contributed by atoms with van der Waals surface area (Å²) in [4.78, 5) is 11.0. The van der Waals surface area contributed by atoms with Crippen molar-refractivity contribution in [1.29, 1.82) is 0 Å². The first-order valence-corrected chi connectivity index (χ1v) is 4.27. The maximum absolute atomic E-state index is 11.0. The van der Waals surface area contributed by atoms with Gasteiger partial charge in [0.2, 0.25) is 0 Å². The van der Waals surface area contributed by atoms with Gasteiger partial charge in [-0.2, -0.15) is 0 Å². The molecule has 0 N–H and O–H groups in total. The van der Waals surface area contributed by atoms with Gasteiger partial charge in [-0.15, -0.1) is 6.58 Å². The van der Waals surface area contributed by atoms with Gasteiger partial charge in [0.15, 0.2) is 0 Å². The molecular formula is C10H14O3. The molecule has 0 aromatic heterocycles. The number of ether oxygens (including phenoxy) is 2. The zero-order valence-corrected chi connectivity index (χ0v) is 8.00. The zero-order valence-electron chi connectivity index (χ0n) is 8.00. The molecule has 1 aliphatic rings. The van der Waals surface area contributed by atoms with Crippen LogP contribution in [0.2, 0.25) is 0 Å². The van der Waals surface area contributed by atoms with Crippen molar-refractivity contribution in [1.82, 2.24) is 0 Å². The van der Waals surface area contributed by atoms with Crippen LogP contribution in [-0.2, 0) is 14.3 Å². The average molecular weight is 182 g/mol. The topological polar surface area (TPSA) is 35.5 Å². The lowest BCUT2D eigenvalue weighted by Gasteiger charge is -2.32. The highest BCUT2D eigenvalue weighted by Crippen LogP contribution is 2.26. The second-order valence-corrected chi connectivity index (χ2v) is 3.24. The number of rotatable bonds is 3. The Hall–Kier alpha value is -1.25. The number of esters is 1. The van der Waals surface area contributed by atoms with E-state index in [4.69, 9.17) is 9.47 Å². The Kier molecular flexibility index (Phi) is 2.76. The first-order chi connectivity index (χ1) is 6.06. The van der Waals surface area contributed by atoms with Crippen molar-refractivity contribution in [3.63, 3.8) is 0 Å². The van der Waals surface area contributed by atoms with Gasteiger partial charge in [0.05, 0.1) is 6.08 Å². The molecule has 0 bridgehead atoms. The number of hydrogen-bond acceptors (Lipinski definition) is 3. The molecule has 0 aliphatic carbocycles. The van der Waals surface area contributed by atoms with Crippen LogP contribution in [0.5, 0.6) is 0 Å². The maximum Gasteiger partial charge on any atom is 0.337 e. The summed E-state index contributed by atoms with van der Waals surface area (Å²) in [6.45, 7) is 7.10. The Morgan fingerprint density at radius 2 is 2.31 bits per heavy atom. The summed E-state index contributed by atoms with van der Waals surface area (Å²) in [6.07, 6.45) is 4.51. The highest BCUT2D eigenvalue weighted by atomic mass is 16.7. The summed E-state index contributed by atoms with van der Waals surface area (Å²) >= 11 is 0. The number of cyclic esters (lactones) is 1. The van der Waals surface area contributed by atoms with E-state index in [0.29, 0.717) is 12.2 Å². The summed E-state index contributed by atoms with van der Waals surface area (Å²) in [5.41, 5.74) is 0. The third-order valence-corrected chi connectivity index (χ3v) is 1.82. The molecule has 1 rings (SSSR count). The summed E-state index contributed by atoms with van der Waals surface area (Å²) in [7, 11) is 0. The van der Waals surface area contributed by atoms with Gasteiger partial charge >= 0.3 is 5.97 Å². The van der Waals surface area contributed by atoms with Crippen LogP contribution in [0.15, 0.2) is 24.5 Å². The molecule has 1 unspecified atom stereocenters. The number of hydrogen-bond donors (Lipinski definition) is 0. The van der Waals surface area contributed by atoms with Gasteiger partial charge < -0.3 is 9.47 Å². The van der Waals surface area contributed by atoms with E-state index in [9.17, 15) is 4.79 Å². The van der Waals surface area contributed by atoms with E-state index >= 15 is 0 Å². The first kappa shape index (κ1) is 9.84. The van der Waals surface area contributed by atoms with Crippen molar-refractivity contribution >= 4 is 5.97 Å². The lowest BCUT2D eigenvalue weighted by Crippen LogP contribution is -2.37.